The van der Waals surface area contributed by atoms with Crippen molar-refractivity contribution in [1.82, 2.24) is 14.8 Å². The largest absolute Gasteiger partial charge is 0.341 e. The molecule has 2 heterocycles. The zero-order valence-corrected chi connectivity index (χ0v) is 19.4. The van der Waals surface area contributed by atoms with Crippen LogP contribution in [0.15, 0.2) is 42.7 Å². The Kier molecular flexibility index (Phi) is 8.14. The first kappa shape index (κ1) is 24.4. The molecule has 0 spiro atoms. The van der Waals surface area contributed by atoms with E-state index in [1.165, 1.54) is 17.0 Å². The third-order valence-electron chi connectivity index (χ3n) is 5.78. The third-order valence-corrected chi connectivity index (χ3v) is 5.78. The minimum atomic E-state index is -0.540. The number of aromatic nitrogens is 1. The smallest absolute Gasteiger partial charge is 0.256 e. The highest BCUT2D eigenvalue weighted by atomic mass is 19.1. The van der Waals surface area contributed by atoms with Gasteiger partial charge in [-0.05, 0) is 48.1 Å². The molecule has 1 aromatic heterocycles. The number of pyridine rings is 1. The van der Waals surface area contributed by atoms with E-state index in [1.54, 1.807) is 30.4 Å². The fourth-order valence-corrected chi connectivity index (χ4v) is 4.28. The highest BCUT2D eigenvalue weighted by Gasteiger charge is 2.28. The first-order valence-electron chi connectivity index (χ1n) is 11.2. The van der Waals surface area contributed by atoms with Gasteiger partial charge in [-0.25, -0.2) is 4.39 Å². The maximum absolute atomic E-state index is 13.9. The molecule has 3 amide bonds. The lowest BCUT2D eigenvalue weighted by molar-refractivity contribution is -0.132. The van der Waals surface area contributed by atoms with Crippen LogP contribution < -0.4 is 5.32 Å². The van der Waals surface area contributed by atoms with Crippen LogP contribution >= 0.6 is 0 Å². The summed E-state index contributed by atoms with van der Waals surface area (Å²) < 4.78 is 13.9. The summed E-state index contributed by atoms with van der Waals surface area (Å²) >= 11 is 0. The lowest BCUT2D eigenvalue weighted by Gasteiger charge is -2.35. The molecule has 176 valence electrons. The van der Waals surface area contributed by atoms with Crippen molar-refractivity contribution < 1.29 is 18.8 Å². The maximum atomic E-state index is 13.9. The Balaban J connectivity index is 1.60. The molecule has 7 nitrogen and oxygen atoms in total. The van der Waals surface area contributed by atoms with E-state index in [4.69, 9.17) is 0 Å². The van der Waals surface area contributed by atoms with Gasteiger partial charge < -0.3 is 15.1 Å². The van der Waals surface area contributed by atoms with E-state index in [-0.39, 0.29) is 35.9 Å². The zero-order valence-electron chi connectivity index (χ0n) is 19.4. The monoisotopic (exact) mass is 454 g/mol. The fraction of sp³-hybridized carbons (Fsp3) is 0.440. The van der Waals surface area contributed by atoms with E-state index in [0.717, 1.165) is 18.1 Å². The van der Waals surface area contributed by atoms with Gasteiger partial charge in [0.2, 0.25) is 11.8 Å². The predicted octanol–water partition coefficient (Wildman–Crippen LogP) is 3.72. The number of carbonyl (C=O) groups excluding carboxylic acids is 3. The SMILES string of the molecule is C[C@@H]1C[C@H](C)CN(C(=O)c2cc(F)ccc2NC(=O)CCC(=O)N(C)Cc2cccnc2)C1. The second-order valence-electron chi connectivity index (χ2n) is 9.01. The van der Waals surface area contributed by atoms with Crippen molar-refractivity contribution in [1.29, 1.82) is 0 Å². The zero-order chi connectivity index (χ0) is 24.0. The maximum Gasteiger partial charge on any atom is 0.256 e. The van der Waals surface area contributed by atoms with Crippen molar-refractivity contribution in [3.8, 4) is 0 Å². The van der Waals surface area contributed by atoms with Crippen molar-refractivity contribution >= 4 is 23.4 Å². The molecule has 1 aromatic carbocycles. The van der Waals surface area contributed by atoms with E-state index in [9.17, 15) is 18.8 Å². The second kappa shape index (κ2) is 11.0. The summed E-state index contributed by atoms with van der Waals surface area (Å²) in [4.78, 5) is 45.3. The molecule has 1 saturated heterocycles. The van der Waals surface area contributed by atoms with E-state index in [1.807, 2.05) is 6.07 Å². The molecular weight excluding hydrogens is 423 g/mol. The number of carbonyl (C=O) groups is 3. The van der Waals surface area contributed by atoms with E-state index in [2.05, 4.69) is 24.1 Å². The van der Waals surface area contributed by atoms with Gasteiger partial charge in [-0.1, -0.05) is 19.9 Å². The Bertz CT molecular complexity index is 988. The van der Waals surface area contributed by atoms with Gasteiger partial charge in [-0.3, -0.25) is 19.4 Å². The number of benzene rings is 1. The number of nitrogens with zero attached hydrogens (tertiary/aromatic N) is 3. The Morgan fingerprint density at radius 3 is 2.55 bits per heavy atom. The molecule has 1 fully saturated rings. The molecule has 3 rings (SSSR count). The number of likely N-dealkylation sites (tertiary alicyclic amines) is 1. The number of piperidine rings is 1. The van der Waals surface area contributed by atoms with Crippen LogP contribution in [-0.2, 0) is 16.1 Å². The minimum absolute atomic E-state index is 0.0220. The average Bonchev–Trinajstić information content (AvgIpc) is 2.78. The first-order valence-corrected chi connectivity index (χ1v) is 11.2. The van der Waals surface area contributed by atoms with Crippen molar-refractivity contribution in [2.24, 2.45) is 11.8 Å². The molecule has 2 aromatic rings. The molecule has 0 aliphatic carbocycles. The Morgan fingerprint density at radius 2 is 1.88 bits per heavy atom. The Hall–Kier alpha value is -3.29. The summed E-state index contributed by atoms with van der Waals surface area (Å²) in [5.41, 5.74) is 1.28. The summed E-state index contributed by atoms with van der Waals surface area (Å²) in [6, 6.07) is 7.44. The molecule has 1 aliphatic rings. The third kappa shape index (κ3) is 6.84. The summed E-state index contributed by atoms with van der Waals surface area (Å²) in [5, 5.41) is 2.69. The summed E-state index contributed by atoms with van der Waals surface area (Å²) in [7, 11) is 1.67. The fourth-order valence-electron chi connectivity index (χ4n) is 4.28. The number of hydrogen-bond acceptors (Lipinski definition) is 4. The van der Waals surface area contributed by atoms with Gasteiger partial charge in [0, 0.05) is 51.9 Å². The number of halogens is 1. The number of anilines is 1. The van der Waals surface area contributed by atoms with E-state index < -0.39 is 11.7 Å². The van der Waals surface area contributed by atoms with E-state index >= 15 is 0 Å². The molecule has 1 N–H and O–H groups in total. The first-order chi connectivity index (χ1) is 15.7. The Labute approximate surface area is 194 Å². The van der Waals surface area contributed by atoms with Crippen LogP contribution in [0.1, 0.15) is 49.0 Å². The molecule has 0 radical (unpaired) electrons. The topological polar surface area (TPSA) is 82.6 Å². The van der Waals surface area contributed by atoms with Crippen molar-refractivity contribution in [2.45, 2.75) is 39.7 Å². The highest BCUT2D eigenvalue weighted by molar-refractivity contribution is 6.04. The van der Waals surface area contributed by atoms with Gasteiger partial charge in [0.05, 0.1) is 11.3 Å². The van der Waals surface area contributed by atoms with Gasteiger partial charge in [0.1, 0.15) is 5.82 Å². The lowest BCUT2D eigenvalue weighted by atomic mass is 9.91. The summed E-state index contributed by atoms with van der Waals surface area (Å²) in [6.45, 7) is 5.78. The number of amides is 3. The average molecular weight is 455 g/mol. The van der Waals surface area contributed by atoms with Crippen molar-refractivity contribution in [3.63, 3.8) is 0 Å². The van der Waals surface area contributed by atoms with Crippen molar-refractivity contribution in [3.05, 3.63) is 59.7 Å². The van der Waals surface area contributed by atoms with Crippen LogP contribution in [0.5, 0.6) is 0 Å². The number of rotatable bonds is 7. The standard InChI is InChI=1S/C25H31FN4O3/c1-17-11-18(2)15-30(14-17)25(33)21-12-20(26)6-7-22(21)28-23(31)8-9-24(32)29(3)16-19-5-4-10-27-13-19/h4-7,10,12-13,17-18H,8-9,11,14-16H2,1-3H3,(H,28,31)/t17-,18+. The van der Waals surface area contributed by atoms with Gasteiger partial charge in [0.15, 0.2) is 0 Å². The van der Waals surface area contributed by atoms with Crippen LogP contribution in [0, 0.1) is 17.7 Å². The highest BCUT2D eigenvalue weighted by Crippen LogP contribution is 2.25. The molecule has 0 unspecified atom stereocenters. The molecule has 8 heteroatoms. The molecule has 0 bridgehead atoms. The van der Waals surface area contributed by atoms with Crippen LogP contribution in [0.2, 0.25) is 0 Å². The molecule has 33 heavy (non-hydrogen) atoms. The quantitative estimate of drug-likeness (QED) is 0.691. The van der Waals surface area contributed by atoms with E-state index in [0.29, 0.717) is 31.5 Å². The molecule has 0 saturated carbocycles. The van der Waals surface area contributed by atoms with Gasteiger partial charge >= 0.3 is 0 Å². The molecule has 2 atom stereocenters. The summed E-state index contributed by atoms with van der Waals surface area (Å²) in [6.07, 6.45) is 4.37. The van der Waals surface area contributed by atoms with Gasteiger partial charge in [-0.15, -0.1) is 0 Å². The van der Waals surface area contributed by atoms with Crippen LogP contribution in [0.25, 0.3) is 0 Å². The van der Waals surface area contributed by atoms with Crippen LogP contribution in [-0.4, -0.2) is 52.6 Å². The van der Waals surface area contributed by atoms with Crippen LogP contribution in [0.3, 0.4) is 0 Å². The van der Waals surface area contributed by atoms with Crippen molar-refractivity contribution in [2.75, 3.05) is 25.5 Å². The lowest BCUT2D eigenvalue weighted by Crippen LogP contribution is -2.42. The summed E-state index contributed by atoms with van der Waals surface area (Å²) in [5.74, 6) is -0.699. The minimum Gasteiger partial charge on any atom is -0.341 e. The predicted molar refractivity (Wildman–Crippen MR) is 124 cm³/mol. The van der Waals surface area contributed by atoms with Gasteiger partial charge in [0.25, 0.3) is 5.91 Å². The number of nitrogens with one attached hydrogen (secondary N) is 1. The Morgan fingerprint density at radius 1 is 1.15 bits per heavy atom. The second-order valence-corrected chi connectivity index (χ2v) is 9.01. The van der Waals surface area contributed by atoms with Gasteiger partial charge in [-0.2, -0.15) is 0 Å². The number of hydrogen-bond donors (Lipinski definition) is 1. The van der Waals surface area contributed by atoms with Crippen LogP contribution in [0.4, 0.5) is 10.1 Å². The normalized spacial score (nSPS) is 18.0. The molecule has 1 aliphatic heterocycles. The molecular formula is C25H31FN4O3.